The van der Waals surface area contributed by atoms with Gasteiger partial charge in [-0.3, -0.25) is 0 Å². The SMILES string of the molecule is CC(C)c1ccnc(-c2[c-]ccc(C(C)(C)c3ccccc3)c2)c1.Cc1c[c-]c(-c2cc(C(C)C)c([Si](C)(C)C)cn2)cc1.[Ir]. The Morgan fingerprint density at radius 3 is 2.00 bits per heavy atom. The number of aryl methyl sites for hydroxylation is 1. The fraction of sp³-hybridized carbons (Fsp3) is 0.317. The van der Waals surface area contributed by atoms with Crippen LogP contribution in [0.3, 0.4) is 0 Å². The molecule has 0 spiro atoms. The number of hydrogen-bond donors (Lipinski definition) is 0. The van der Waals surface area contributed by atoms with E-state index < -0.39 is 8.07 Å². The van der Waals surface area contributed by atoms with Crippen molar-refractivity contribution in [2.24, 2.45) is 0 Å². The smallest absolute Gasteiger partial charge is 0.0799 e. The Morgan fingerprint density at radius 1 is 0.711 bits per heavy atom. The molecule has 0 fully saturated rings. The molecule has 0 unspecified atom stereocenters. The van der Waals surface area contributed by atoms with Crippen molar-refractivity contribution in [3.63, 3.8) is 0 Å². The second-order valence-electron chi connectivity index (χ2n) is 14.0. The Balaban J connectivity index is 0.000000244. The minimum absolute atomic E-state index is 0. The van der Waals surface area contributed by atoms with Gasteiger partial charge in [0, 0.05) is 32.5 Å². The van der Waals surface area contributed by atoms with E-state index in [-0.39, 0.29) is 25.5 Å². The molecule has 0 aliphatic rings. The third-order valence-electron chi connectivity index (χ3n) is 8.36. The molecule has 5 aromatic rings. The maximum Gasteiger partial charge on any atom is 0.0799 e. The van der Waals surface area contributed by atoms with Gasteiger partial charge in [0.25, 0.3) is 0 Å². The van der Waals surface area contributed by atoms with Crippen molar-refractivity contribution >= 4 is 13.3 Å². The van der Waals surface area contributed by atoms with Gasteiger partial charge in [-0.2, -0.15) is 0 Å². The fourth-order valence-corrected chi connectivity index (χ4v) is 7.04. The summed E-state index contributed by atoms with van der Waals surface area (Å²) in [7, 11) is -1.35. The van der Waals surface area contributed by atoms with Gasteiger partial charge >= 0.3 is 0 Å². The number of pyridine rings is 2. The number of nitrogens with zero attached hydrogens (tertiary/aromatic N) is 2. The maximum absolute atomic E-state index is 4.69. The van der Waals surface area contributed by atoms with Crippen LogP contribution in [0.15, 0.2) is 97.3 Å². The number of benzene rings is 3. The van der Waals surface area contributed by atoms with E-state index in [4.69, 9.17) is 4.98 Å². The number of rotatable bonds is 7. The van der Waals surface area contributed by atoms with E-state index in [1.165, 1.54) is 33.0 Å². The summed E-state index contributed by atoms with van der Waals surface area (Å²) in [6.45, 7) is 22.7. The van der Waals surface area contributed by atoms with E-state index in [0.717, 1.165) is 22.5 Å². The molecule has 2 nitrogen and oxygen atoms in total. The predicted molar refractivity (Wildman–Crippen MR) is 191 cm³/mol. The zero-order valence-corrected chi connectivity index (χ0v) is 32.0. The van der Waals surface area contributed by atoms with Crippen molar-refractivity contribution in [3.05, 3.63) is 137 Å². The van der Waals surface area contributed by atoms with Crippen LogP contribution in [0.2, 0.25) is 19.6 Å². The standard InChI is InChI=1S/C23H24N.C18H24NSi.Ir/c1-17(2)18-13-14-24-22(16-18)19-9-8-12-21(15-19)23(3,4)20-10-6-5-7-11-20;1-13(2)16-11-17(15-9-7-14(3)8-10-15)19-12-18(16)20(4,5)6;/h5-8,10-17H,1-4H3;7-9,11-13H,1-6H3;/q2*-1;. The van der Waals surface area contributed by atoms with Crippen LogP contribution in [0.1, 0.15) is 81.2 Å². The molecule has 0 aliphatic carbocycles. The van der Waals surface area contributed by atoms with Crippen LogP contribution >= 0.6 is 0 Å². The molecule has 0 bridgehead atoms. The molecule has 0 saturated heterocycles. The summed E-state index contributed by atoms with van der Waals surface area (Å²) in [4.78, 5) is 9.25. The Bertz CT molecular complexity index is 1670. The summed E-state index contributed by atoms with van der Waals surface area (Å²) < 4.78 is 0. The molecule has 2 heterocycles. The zero-order valence-electron chi connectivity index (χ0n) is 28.6. The van der Waals surface area contributed by atoms with E-state index in [0.29, 0.717) is 11.8 Å². The first kappa shape index (κ1) is 36.3. The summed E-state index contributed by atoms with van der Waals surface area (Å²) in [5.41, 5.74) is 10.7. The van der Waals surface area contributed by atoms with E-state index >= 15 is 0 Å². The topological polar surface area (TPSA) is 25.8 Å². The van der Waals surface area contributed by atoms with Gasteiger partial charge in [-0.05, 0) is 45.5 Å². The molecule has 0 atom stereocenters. The monoisotopic (exact) mass is 789 g/mol. The van der Waals surface area contributed by atoms with Crippen LogP contribution in [0.5, 0.6) is 0 Å². The van der Waals surface area contributed by atoms with Crippen LogP contribution in [-0.2, 0) is 25.5 Å². The summed E-state index contributed by atoms with van der Waals surface area (Å²) in [6, 6.07) is 36.5. The second-order valence-corrected chi connectivity index (χ2v) is 19.0. The zero-order chi connectivity index (χ0) is 32.1. The summed E-state index contributed by atoms with van der Waals surface area (Å²) >= 11 is 0. The van der Waals surface area contributed by atoms with Crippen molar-refractivity contribution in [1.29, 1.82) is 0 Å². The van der Waals surface area contributed by atoms with Crippen LogP contribution < -0.4 is 5.19 Å². The Kier molecular flexibility index (Phi) is 12.4. The fourth-order valence-electron chi connectivity index (χ4n) is 5.36. The molecular formula is C41H48IrN2Si-2. The van der Waals surface area contributed by atoms with Crippen LogP contribution in [0, 0.1) is 19.1 Å². The van der Waals surface area contributed by atoms with E-state index in [9.17, 15) is 0 Å². The predicted octanol–water partition coefficient (Wildman–Crippen LogP) is 10.5. The molecule has 0 amide bonds. The van der Waals surface area contributed by atoms with Gasteiger partial charge in [0.15, 0.2) is 0 Å². The second kappa shape index (κ2) is 15.4. The van der Waals surface area contributed by atoms with Gasteiger partial charge in [0.2, 0.25) is 0 Å². The maximum atomic E-state index is 4.69. The molecule has 5 rings (SSSR count). The first-order chi connectivity index (χ1) is 20.8. The molecule has 1 radical (unpaired) electrons. The van der Waals surface area contributed by atoms with Crippen molar-refractivity contribution in [1.82, 2.24) is 9.97 Å². The summed E-state index contributed by atoms with van der Waals surface area (Å²) in [5, 5.41) is 1.48. The molecule has 2 aromatic heterocycles. The third-order valence-corrected chi connectivity index (χ3v) is 10.4. The van der Waals surface area contributed by atoms with Crippen molar-refractivity contribution in [2.45, 2.75) is 85.4 Å². The van der Waals surface area contributed by atoms with E-state index in [1.54, 1.807) is 0 Å². The number of aromatic nitrogens is 2. The molecule has 45 heavy (non-hydrogen) atoms. The Morgan fingerprint density at radius 2 is 1.40 bits per heavy atom. The van der Waals surface area contributed by atoms with Gasteiger partial charge in [-0.1, -0.05) is 122 Å². The average Bonchev–Trinajstić information content (AvgIpc) is 3.01. The van der Waals surface area contributed by atoms with Crippen molar-refractivity contribution in [3.8, 4) is 22.5 Å². The van der Waals surface area contributed by atoms with Gasteiger partial charge in [0.1, 0.15) is 0 Å². The normalized spacial score (nSPS) is 11.6. The van der Waals surface area contributed by atoms with E-state index in [2.05, 4.69) is 164 Å². The molecule has 237 valence electrons. The van der Waals surface area contributed by atoms with Crippen LogP contribution in [0.25, 0.3) is 22.5 Å². The molecule has 0 aliphatic heterocycles. The quantitative estimate of drug-likeness (QED) is 0.121. The van der Waals surface area contributed by atoms with Crippen LogP contribution in [0.4, 0.5) is 0 Å². The van der Waals surface area contributed by atoms with Crippen LogP contribution in [-0.4, -0.2) is 18.0 Å². The van der Waals surface area contributed by atoms with Gasteiger partial charge in [0.05, 0.1) is 8.07 Å². The van der Waals surface area contributed by atoms with Gasteiger partial charge < -0.3 is 9.97 Å². The summed E-state index contributed by atoms with van der Waals surface area (Å²) in [5.74, 6) is 1.03. The van der Waals surface area contributed by atoms with Gasteiger partial charge in [-0.25, -0.2) is 0 Å². The molecule has 0 saturated carbocycles. The van der Waals surface area contributed by atoms with Crippen molar-refractivity contribution < 1.29 is 20.1 Å². The molecule has 3 aromatic carbocycles. The largest absolute Gasteiger partial charge is 0.305 e. The van der Waals surface area contributed by atoms with Crippen molar-refractivity contribution in [2.75, 3.05) is 0 Å². The summed E-state index contributed by atoms with van der Waals surface area (Å²) in [6.07, 6.45) is 4.00. The Hall–Kier alpha value is -3.17. The molecule has 0 N–H and O–H groups in total. The minimum atomic E-state index is -1.35. The molecular weight excluding hydrogens is 741 g/mol. The molecule has 4 heteroatoms. The first-order valence-electron chi connectivity index (χ1n) is 15.8. The first-order valence-corrected chi connectivity index (χ1v) is 19.3. The average molecular weight is 789 g/mol. The Labute approximate surface area is 287 Å². The minimum Gasteiger partial charge on any atom is -0.305 e. The number of hydrogen-bond acceptors (Lipinski definition) is 2. The van der Waals surface area contributed by atoms with Gasteiger partial charge in [-0.15, -0.1) is 70.8 Å². The third kappa shape index (κ3) is 9.19. The van der Waals surface area contributed by atoms with E-state index in [1.807, 2.05) is 18.3 Å².